The number of hydrogen-bond acceptors (Lipinski definition) is 3. The number of carbonyl (C=O) groups is 2. The monoisotopic (exact) mass is 241 g/mol. The third-order valence-electron chi connectivity index (χ3n) is 2.89. The Morgan fingerprint density at radius 3 is 2.65 bits per heavy atom. The van der Waals surface area contributed by atoms with Crippen LogP contribution in [0.2, 0.25) is 0 Å². The predicted molar refractivity (Wildman–Crippen MR) is 65.8 cm³/mol. The van der Waals surface area contributed by atoms with Gasteiger partial charge in [-0.2, -0.15) is 0 Å². The molecule has 1 saturated heterocycles. The highest BCUT2D eigenvalue weighted by atomic mass is 16.6. The molecule has 0 saturated carbocycles. The summed E-state index contributed by atoms with van der Waals surface area (Å²) < 4.78 is 5.34. The van der Waals surface area contributed by atoms with E-state index < -0.39 is 5.60 Å². The molecule has 1 heterocycles. The van der Waals surface area contributed by atoms with Crippen molar-refractivity contribution in [1.82, 2.24) is 4.90 Å². The SMILES string of the molecule is CCC1CN(C(=O)OC(C)(C)C)CCCC1=O. The first kappa shape index (κ1) is 14.0. The van der Waals surface area contributed by atoms with Crippen LogP contribution < -0.4 is 0 Å². The summed E-state index contributed by atoms with van der Waals surface area (Å²) in [4.78, 5) is 25.3. The summed E-state index contributed by atoms with van der Waals surface area (Å²) in [6.45, 7) is 8.67. The third kappa shape index (κ3) is 4.36. The lowest BCUT2D eigenvalue weighted by molar-refractivity contribution is -0.122. The van der Waals surface area contributed by atoms with Crippen LogP contribution in [0.25, 0.3) is 0 Å². The highest BCUT2D eigenvalue weighted by Crippen LogP contribution is 2.18. The molecule has 1 fully saturated rings. The van der Waals surface area contributed by atoms with Crippen LogP contribution in [0.5, 0.6) is 0 Å². The summed E-state index contributed by atoms with van der Waals surface area (Å²) in [6.07, 6.45) is 1.82. The first-order chi connectivity index (χ1) is 7.83. The summed E-state index contributed by atoms with van der Waals surface area (Å²) in [5.41, 5.74) is -0.477. The normalized spacial score (nSPS) is 22.2. The number of rotatable bonds is 1. The molecule has 1 amide bonds. The minimum Gasteiger partial charge on any atom is -0.444 e. The molecule has 0 aromatic carbocycles. The molecule has 0 aromatic heterocycles. The minimum atomic E-state index is -0.477. The van der Waals surface area contributed by atoms with E-state index in [2.05, 4.69) is 0 Å². The maximum atomic E-state index is 11.9. The van der Waals surface area contributed by atoms with Gasteiger partial charge in [-0.15, -0.1) is 0 Å². The fourth-order valence-corrected chi connectivity index (χ4v) is 1.96. The Balaban J connectivity index is 2.64. The van der Waals surface area contributed by atoms with Gasteiger partial charge in [-0.25, -0.2) is 4.79 Å². The largest absolute Gasteiger partial charge is 0.444 e. The number of ketones is 1. The van der Waals surface area contributed by atoms with Crippen molar-refractivity contribution < 1.29 is 14.3 Å². The first-order valence-electron chi connectivity index (χ1n) is 6.34. The molecule has 0 aliphatic carbocycles. The average Bonchev–Trinajstić information content (AvgIpc) is 2.37. The van der Waals surface area contributed by atoms with Crippen LogP contribution >= 0.6 is 0 Å². The molecule has 1 aliphatic heterocycles. The summed E-state index contributed by atoms with van der Waals surface area (Å²) >= 11 is 0. The summed E-state index contributed by atoms with van der Waals surface area (Å²) in [7, 11) is 0. The van der Waals surface area contributed by atoms with E-state index >= 15 is 0 Å². The molecule has 17 heavy (non-hydrogen) atoms. The van der Waals surface area contributed by atoms with E-state index in [-0.39, 0.29) is 17.8 Å². The van der Waals surface area contributed by atoms with E-state index in [0.29, 0.717) is 19.5 Å². The highest BCUT2D eigenvalue weighted by Gasteiger charge is 2.29. The van der Waals surface area contributed by atoms with Crippen molar-refractivity contribution in [2.24, 2.45) is 5.92 Å². The zero-order chi connectivity index (χ0) is 13.1. The molecule has 1 atom stereocenters. The maximum Gasteiger partial charge on any atom is 0.410 e. The Morgan fingerprint density at radius 2 is 2.12 bits per heavy atom. The van der Waals surface area contributed by atoms with E-state index in [0.717, 1.165) is 12.8 Å². The van der Waals surface area contributed by atoms with Gasteiger partial charge in [0.2, 0.25) is 0 Å². The number of carbonyl (C=O) groups excluding carboxylic acids is 2. The Kier molecular flexibility index (Phi) is 4.54. The lowest BCUT2D eigenvalue weighted by Gasteiger charge is -2.27. The zero-order valence-corrected chi connectivity index (χ0v) is 11.3. The lowest BCUT2D eigenvalue weighted by atomic mass is 9.99. The summed E-state index contributed by atoms with van der Waals surface area (Å²) in [6, 6.07) is 0. The van der Waals surface area contributed by atoms with Gasteiger partial charge >= 0.3 is 6.09 Å². The fourth-order valence-electron chi connectivity index (χ4n) is 1.96. The molecule has 98 valence electrons. The number of amides is 1. The molecular formula is C13H23NO3. The molecule has 0 N–H and O–H groups in total. The van der Waals surface area contributed by atoms with Crippen LogP contribution in [-0.2, 0) is 9.53 Å². The second-order valence-electron chi connectivity index (χ2n) is 5.60. The molecule has 4 nitrogen and oxygen atoms in total. The molecule has 1 rings (SSSR count). The standard InChI is InChI=1S/C13H23NO3/c1-5-10-9-14(8-6-7-11(10)15)12(16)17-13(2,3)4/h10H,5-9H2,1-4H3. The smallest absolute Gasteiger partial charge is 0.410 e. The van der Waals surface area contributed by atoms with Crippen molar-refractivity contribution >= 4 is 11.9 Å². The van der Waals surface area contributed by atoms with Crippen LogP contribution in [0.15, 0.2) is 0 Å². The Bertz CT molecular complexity index is 294. The van der Waals surface area contributed by atoms with Crippen molar-refractivity contribution in [3.05, 3.63) is 0 Å². The molecule has 1 aliphatic rings. The molecule has 1 unspecified atom stereocenters. The van der Waals surface area contributed by atoms with Crippen LogP contribution in [0, 0.1) is 5.92 Å². The summed E-state index contributed by atoms with van der Waals surface area (Å²) in [5.74, 6) is 0.253. The highest BCUT2D eigenvalue weighted by molar-refractivity contribution is 5.82. The van der Waals surface area contributed by atoms with Crippen LogP contribution in [0.4, 0.5) is 4.79 Å². The predicted octanol–water partition coefficient (Wildman–Crippen LogP) is 2.61. The lowest BCUT2D eigenvalue weighted by Crippen LogP contribution is -2.39. The van der Waals surface area contributed by atoms with Crippen molar-refractivity contribution in [3.8, 4) is 0 Å². The van der Waals surface area contributed by atoms with E-state index in [1.54, 1.807) is 4.90 Å². The molecule has 4 heteroatoms. The maximum absolute atomic E-state index is 11.9. The Morgan fingerprint density at radius 1 is 1.47 bits per heavy atom. The molecule has 0 aromatic rings. The second kappa shape index (κ2) is 5.52. The number of Topliss-reactive ketones (excluding diaryl/α,β-unsaturated/α-hetero) is 1. The molecular weight excluding hydrogens is 218 g/mol. The van der Waals surface area contributed by atoms with E-state index in [9.17, 15) is 9.59 Å². The van der Waals surface area contributed by atoms with Gasteiger partial charge in [-0.1, -0.05) is 6.92 Å². The summed E-state index contributed by atoms with van der Waals surface area (Å²) in [5, 5.41) is 0. The first-order valence-corrected chi connectivity index (χ1v) is 6.34. The number of likely N-dealkylation sites (tertiary alicyclic amines) is 1. The van der Waals surface area contributed by atoms with Gasteiger partial charge in [-0.05, 0) is 33.6 Å². The second-order valence-corrected chi connectivity index (χ2v) is 5.60. The van der Waals surface area contributed by atoms with Gasteiger partial charge in [0.15, 0.2) is 0 Å². The zero-order valence-electron chi connectivity index (χ0n) is 11.3. The number of nitrogens with zero attached hydrogens (tertiary/aromatic N) is 1. The topological polar surface area (TPSA) is 46.6 Å². The van der Waals surface area contributed by atoms with Gasteiger partial charge in [-0.3, -0.25) is 4.79 Å². The van der Waals surface area contributed by atoms with Crippen molar-refractivity contribution in [2.45, 2.75) is 52.6 Å². The molecule has 0 bridgehead atoms. The van der Waals surface area contributed by atoms with Crippen molar-refractivity contribution in [2.75, 3.05) is 13.1 Å². The molecule has 0 radical (unpaired) electrons. The number of ether oxygens (including phenoxy) is 1. The molecule has 0 spiro atoms. The van der Waals surface area contributed by atoms with Crippen LogP contribution in [0.3, 0.4) is 0 Å². The fraction of sp³-hybridized carbons (Fsp3) is 0.846. The van der Waals surface area contributed by atoms with Gasteiger partial charge in [0.05, 0.1) is 0 Å². The Hall–Kier alpha value is -1.06. The number of hydrogen-bond donors (Lipinski definition) is 0. The van der Waals surface area contributed by atoms with E-state index in [1.807, 2.05) is 27.7 Å². The van der Waals surface area contributed by atoms with Crippen molar-refractivity contribution in [3.63, 3.8) is 0 Å². The third-order valence-corrected chi connectivity index (χ3v) is 2.89. The van der Waals surface area contributed by atoms with Gasteiger partial charge in [0, 0.05) is 25.4 Å². The van der Waals surface area contributed by atoms with Gasteiger partial charge < -0.3 is 9.64 Å². The van der Waals surface area contributed by atoms with Crippen molar-refractivity contribution in [1.29, 1.82) is 0 Å². The van der Waals surface area contributed by atoms with Gasteiger partial charge in [0.25, 0.3) is 0 Å². The van der Waals surface area contributed by atoms with E-state index in [4.69, 9.17) is 4.74 Å². The minimum absolute atomic E-state index is 0.0231. The Labute approximate surface area is 103 Å². The average molecular weight is 241 g/mol. The van der Waals surface area contributed by atoms with Gasteiger partial charge in [0.1, 0.15) is 11.4 Å². The quantitative estimate of drug-likeness (QED) is 0.709. The van der Waals surface area contributed by atoms with Crippen LogP contribution in [-0.4, -0.2) is 35.5 Å². The van der Waals surface area contributed by atoms with E-state index in [1.165, 1.54) is 0 Å². The van der Waals surface area contributed by atoms with Crippen LogP contribution in [0.1, 0.15) is 47.0 Å².